The number of rotatable bonds is 3. The number of nitrogens with zero attached hydrogens (tertiary/aromatic N) is 5. The van der Waals surface area contributed by atoms with Crippen molar-refractivity contribution in [2.24, 2.45) is 0 Å². The molecule has 4 heterocycles. The van der Waals surface area contributed by atoms with E-state index in [9.17, 15) is 13.2 Å². The molecule has 2 bridgehead atoms. The highest BCUT2D eigenvalue weighted by Crippen LogP contribution is 2.37. The zero-order valence-corrected chi connectivity index (χ0v) is 16.1. The third-order valence-corrected chi connectivity index (χ3v) is 5.70. The molecule has 3 aromatic rings. The molecule has 0 radical (unpaired) electrons. The van der Waals surface area contributed by atoms with Gasteiger partial charge in [0.05, 0.1) is 36.9 Å². The first-order valence-corrected chi connectivity index (χ1v) is 9.91. The predicted octanol–water partition coefficient (Wildman–Crippen LogP) is 3.40. The molecule has 2 atom stereocenters. The zero-order chi connectivity index (χ0) is 20.9. The van der Waals surface area contributed by atoms with Crippen molar-refractivity contribution in [3.63, 3.8) is 0 Å². The topological polar surface area (TPSA) is 82.1 Å². The van der Waals surface area contributed by atoms with Crippen molar-refractivity contribution in [3.05, 3.63) is 30.5 Å². The molecule has 5 rings (SSSR count). The molecule has 0 aliphatic carbocycles. The first-order valence-electron chi connectivity index (χ1n) is 9.91. The maximum absolute atomic E-state index is 13.1. The first-order chi connectivity index (χ1) is 14.4. The molecule has 2 saturated heterocycles. The van der Waals surface area contributed by atoms with Crippen LogP contribution in [0.4, 0.5) is 24.7 Å². The summed E-state index contributed by atoms with van der Waals surface area (Å²) < 4.78 is 46.0. The van der Waals surface area contributed by atoms with Crippen LogP contribution in [0.3, 0.4) is 0 Å². The number of fused-ring (bicyclic) bond motifs is 3. The fraction of sp³-hybridized carbons (Fsp3) is 0.450. The molecule has 2 aromatic heterocycles. The minimum Gasteiger partial charge on any atom is -0.399 e. The molecule has 158 valence electrons. The Labute approximate surface area is 170 Å². The van der Waals surface area contributed by atoms with E-state index in [0.717, 1.165) is 23.9 Å². The summed E-state index contributed by atoms with van der Waals surface area (Å²) in [4.78, 5) is 11.5. The lowest BCUT2D eigenvalue weighted by atomic mass is 9.94. The van der Waals surface area contributed by atoms with Gasteiger partial charge in [0.1, 0.15) is 12.4 Å². The summed E-state index contributed by atoms with van der Waals surface area (Å²) in [6.07, 6.45) is 0.0443. The molecular weight excluding hydrogens is 397 g/mol. The average molecular weight is 418 g/mol. The molecule has 0 saturated carbocycles. The number of ether oxygens (including phenoxy) is 1. The van der Waals surface area contributed by atoms with E-state index in [1.807, 2.05) is 0 Å². The fourth-order valence-electron chi connectivity index (χ4n) is 4.36. The highest BCUT2D eigenvalue weighted by Gasteiger charge is 2.37. The molecule has 7 nitrogen and oxygen atoms in total. The largest absolute Gasteiger partial charge is 0.408 e. The molecule has 10 heteroatoms. The summed E-state index contributed by atoms with van der Waals surface area (Å²) in [5.74, 6) is 0.976. The Morgan fingerprint density at radius 2 is 1.77 bits per heavy atom. The molecule has 2 N–H and O–H groups in total. The van der Waals surface area contributed by atoms with Crippen molar-refractivity contribution in [2.75, 3.05) is 23.8 Å². The van der Waals surface area contributed by atoms with E-state index in [1.54, 1.807) is 24.3 Å². The van der Waals surface area contributed by atoms with E-state index in [1.165, 1.54) is 6.20 Å². The van der Waals surface area contributed by atoms with Gasteiger partial charge in [-0.25, -0.2) is 14.6 Å². The van der Waals surface area contributed by atoms with Gasteiger partial charge in [0.25, 0.3) is 0 Å². The Morgan fingerprint density at radius 3 is 2.43 bits per heavy atom. The number of anilines is 2. The molecule has 1 aromatic carbocycles. The summed E-state index contributed by atoms with van der Waals surface area (Å²) in [7, 11) is 0. The quantitative estimate of drug-likeness (QED) is 0.657. The third kappa shape index (κ3) is 3.45. The fourth-order valence-corrected chi connectivity index (χ4v) is 4.36. The van der Waals surface area contributed by atoms with Crippen molar-refractivity contribution in [2.45, 2.75) is 44.1 Å². The van der Waals surface area contributed by atoms with Crippen LogP contribution in [-0.4, -0.2) is 51.2 Å². The smallest absolute Gasteiger partial charge is 0.399 e. The van der Waals surface area contributed by atoms with Crippen LogP contribution in [-0.2, 0) is 11.3 Å². The molecule has 2 aliphatic heterocycles. The van der Waals surface area contributed by atoms with Crippen LogP contribution in [0.2, 0.25) is 0 Å². The number of benzene rings is 1. The monoisotopic (exact) mass is 418 g/mol. The molecule has 0 spiro atoms. The lowest BCUT2D eigenvalue weighted by Crippen LogP contribution is -2.55. The van der Waals surface area contributed by atoms with Crippen LogP contribution in [0.25, 0.3) is 22.4 Å². The van der Waals surface area contributed by atoms with E-state index < -0.39 is 12.7 Å². The highest BCUT2D eigenvalue weighted by molar-refractivity contribution is 5.89. The SMILES string of the molecule is Nc1ccc(-c2nc(N3C4CCCC3COC4)c3cnn(CC(F)(F)F)c3n2)cc1. The van der Waals surface area contributed by atoms with Gasteiger partial charge in [-0.2, -0.15) is 18.3 Å². The zero-order valence-electron chi connectivity index (χ0n) is 16.1. The standard InChI is InChI=1S/C20H21F3N6O/c21-20(22,23)11-28-18-16(8-25-28)19(29-14-2-1-3-15(29)10-30-9-14)27-17(26-18)12-4-6-13(24)7-5-12/h4-8,14-15H,1-3,9-11,24H2. The number of aromatic nitrogens is 4. The number of halogens is 3. The van der Waals surface area contributed by atoms with Gasteiger partial charge in [-0.3, -0.25) is 0 Å². The van der Waals surface area contributed by atoms with Gasteiger partial charge < -0.3 is 15.4 Å². The van der Waals surface area contributed by atoms with Crippen molar-refractivity contribution in [1.82, 2.24) is 19.7 Å². The van der Waals surface area contributed by atoms with Crippen LogP contribution >= 0.6 is 0 Å². The minimum absolute atomic E-state index is 0.140. The van der Waals surface area contributed by atoms with Gasteiger partial charge >= 0.3 is 6.18 Å². The molecule has 2 fully saturated rings. The normalized spacial score (nSPS) is 21.9. The number of alkyl halides is 3. The predicted molar refractivity (Wildman–Crippen MR) is 106 cm³/mol. The highest BCUT2D eigenvalue weighted by atomic mass is 19.4. The van der Waals surface area contributed by atoms with Gasteiger partial charge in [-0.15, -0.1) is 0 Å². The Morgan fingerprint density at radius 1 is 1.07 bits per heavy atom. The lowest BCUT2D eigenvalue weighted by Gasteiger charge is -2.46. The van der Waals surface area contributed by atoms with Gasteiger partial charge in [0, 0.05) is 11.3 Å². The molecular formula is C20H21F3N6O. The van der Waals surface area contributed by atoms with Crippen LogP contribution < -0.4 is 10.6 Å². The Kier molecular flexibility index (Phi) is 4.53. The molecule has 0 amide bonds. The Bertz CT molecular complexity index is 1040. The molecule has 30 heavy (non-hydrogen) atoms. The second-order valence-electron chi connectivity index (χ2n) is 7.83. The number of nitrogens with two attached hydrogens (primary N) is 1. The molecule has 2 aliphatic rings. The van der Waals surface area contributed by atoms with Crippen molar-refractivity contribution in [1.29, 1.82) is 0 Å². The maximum atomic E-state index is 13.1. The van der Waals surface area contributed by atoms with Crippen LogP contribution in [0.1, 0.15) is 19.3 Å². The van der Waals surface area contributed by atoms with Gasteiger partial charge in [0.15, 0.2) is 11.5 Å². The number of nitrogen functional groups attached to an aromatic ring is 1. The van der Waals surface area contributed by atoms with Crippen LogP contribution in [0, 0.1) is 0 Å². The van der Waals surface area contributed by atoms with E-state index in [2.05, 4.69) is 15.0 Å². The molecule has 2 unspecified atom stereocenters. The number of piperidine rings is 1. The maximum Gasteiger partial charge on any atom is 0.408 e. The van der Waals surface area contributed by atoms with E-state index in [0.29, 0.717) is 41.5 Å². The average Bonchev–Trinajstić information content (AvgIpc) is 3.08. The van der Waals surface area contributed by atoms with Crippen LogP contribution in [0.15, 0.2) is 30.5 Å². The number of morpholine rings is 1. The van der Waals surface area contributed by atoms with Gasteiger partial charge in [-0.05, 0) is 43.5 Å². The summed E-state index contributed by atoms with van der Waals surface area (Å²) in [5, 5.41) is 4.52. The Balaban J connectivity index is 1.69. The second kappa shape index (κ2) is 7.12. The van der Waals surface area contributed by atoms with Gasteiger partial charge in [0.2, 0.25) is 0 Å². The van der Waals surface area contributed by atoms with Crippen LogP contribution in [0.5, 0.6) is 0 Å². The summed E-state index contributed by atoms with van der Waals surface area (Å²) in [6.45, 7) is -0.0458. The van der Waals surface area contributed by atoms with Gasteiger partial charge in [-0.1, -0.05) is 0 Å². The Hall–Kier alpha value is -2.88. The van der Waals surface area contributed by atoms with Crippen molar-refractivity contribution >= 4 is 22.5 Å². The summed E-state index contributed by atoms with van der Waals surface area (Å²) in [6, 6.07) is 7.26. The van der Waals surface area contributed by atoms with E-state index in [4.69, 9.17) is 15.5 Å². The minimum atomic E-state index is -4.40. The van der Waals surface area contributed by atoms with E-state index in [-0.39, 0.29) is 17.7 Å². The van der Waals surface area contributed by atoms with Crippen molar-refractivity contribution < 1.29 is 17.9 Å². The van der Waals surface area contributed by atoms with Crippen molar-refractivity contribution in [3.8, 4) is 11.4 Å². The van der Waals surface area contributed by atoms with E-state index >= 15 is 0 Å². The third-order valence-electron chi connectivity index (χ3n) is 5.70. The summed E-state index contributed by atoms with van der Waals surface area (Å²) in [5.41, 5.74) is 7.23. The number of hydrogen-bond acceptors (Lipinski definition) is 6. The number of hydrogen-bond donors (Lipinski definition) is 1. The lowest BCUT2D eigenvalue weighted by molar-refractivity contribution is -0.141. The summed E-state index contributed by atoms with van der Waals surface area (Å²) >= 11 is 0. The first kappa shape index (κ1) is 19.1. The second-order valence-corrected chi connectivity index (χ2v) is 7.83.